The van der Waals surface area contributed by atoms with Gasteiger partial charge >= 0.3 is 0 Å². The zero-order valence-corrected chi connectivity index (χ0v) is 15.9. The zero-order chi connectivity index (χ0) is 18.9. The molecule has 11 heteroatoms. The monoisotopic (exact) mass is 434 g/mol. The first-order valence-corrected chi connectivity index (χ1v) is 9.68. The minimum absolute atomic E-state index is 0.0366. The molecule has 0 fully saturated rings. The number of benzene rings is 2. The fourth-order valence-electron chi connectivity index (χ4n) is 2.10. The van der Waals surface area contributed by atoms with Gasteiger partial charge in [0.1, 0.15) is 17.0 Å². The number of aromatic nitrogens is 3. The van der Waals surface area contributed by atoms with Crippen molar-refractivity contribution in [1.29, 1.82) is 0 Å². The molecular formula is C15H10Cl3FN4O2S. The Morgan fingerprint density at radius 1 is 1.08 bits per heavy atom. The van der Waals surface area contributed by atoms with Gasteiger partial charge in [0.2, 0.25) is 0 Å². The van der Waals surface area contributed by atoms with E-state index in [9.17, 15) is 12.8 Å². The van der Waals surface area contributed by atoms with Crippen LogP contribution >= 0.6 is 34.8 Å². The predicted molar refractivity (Wildman–Crippen MR) is 97.8 cm³/mol. The molecule has 26 heavy (non-hydrogen) atoms. The largest absolute Gasteiger partial charge is 0.265 e. The lowest BCUT2D eigenvalue weighted by Gasteiger charge is -2.08. The fourth-order valence-corrected chi connectivity index (χ4v) is 4.05. The van der Waals surface area contributed by atoms with Gasteiger partial charge in [-0.25, -0.2) is 22.2 Å². The molecule has 0 aliphatic heterocycles. The number of hydrogen-bond acceptors (Lipinski definition) is 4. The van der Waals surface area contributed by atoms with Gasteiger partial charge in [-0.2, -0.15) is 4.98 Å². The Bertz CT molecular complexity index is 1070. The van der Waals surface area contributed by atoms with Gasteiger partial charge < -0.3 is 0 Å². The SMILES string of the molecule is O=S(=O)(Nc1ncn(Cc2ccccc2F)n1)c1cc(Cl)c(Cl)cc1Cl. The second-order valence-electron chi connectivity index (χ2n) is 5.16. The van der Waals surface area contributed by atoms with Crippen LogP contribution < -0.4 is 4.72 Å². The number of nitrogens with zero attached hydrogens (tertiary/aromatic N) is 3. The van der Waals surface area contributed by atoms with Gasteiger partial charge in [-0.05, 0) is 18.2 Å². The molecule has 0 unspecified atom stereocenters. The van der Waals surface area contributed by atoms with Crippen LogP contribution in [-0.4, -0.2) is 23.2 Å². The average molecular weight is 436 g/mol. The van der Waals surface area contributed by atoms with Crippen molar-refractivity contribution in [3.63, 3.8) is 0 Å². The van der Waals surface area contributed by atoms with Crippen LogP contribution in [0.4, 0.5) is 10.3 Å². The summed E-state index contributed by atoms with van der Waals surface area (Å²) in [6.45, 7) is 0.0922. The molecular weight excluding hydrogens is 426 g/mol. The Balaban J connectivity index is 1.82. The summed E-state index contributed by atoms with van der Waals surface area (Å²) in [7, 11) is -4.09. The van der Waals surface area contributed by atoms with Gasteiger partial charge in [0, 0.05) is 5.56 Å². The molecule has 0 saturated heterocycles. The lowest BCUT2D eigenvalue weighted by Crippen LogP contribution is -2.15. The standard InChI is InChI=1S/C15H10Cl3FN4O2S/c16-10-5-12(18)14(6-11(10)17)26(24,25)22-15-20-8-23(21-15)7-9-3-1-2-4-13(9)19/h1-6,8H,7H2,(H,21,22). The van der Waals surface area contributed by atoms with E-state index in [-0.39, 0.29) is 32.5 Å². The normalized spacial score (nSPS) is 11.5. The Morgan fingerprint density at radius 2 is 1.77 bits per heavy atom. The molecule has 0 bridgehead atoms. The number of nitrogens with one attached hydrogen (secondary N) is 1. The lowest BCUT2D eigenvalue weighted by molar-refractivity contribution is 0.584. The third-order valence-corrected chi connectivity index (χ3v) is 5.83. The van der Waals surface area contributed by atoms with E-state index in [2.05, 4.69) is 14.8 Å². The molecule has 1 N–H and O–H groups in total. The van der Waals surface area contributed by atoms with E-state index < -0.39 is 15.8 Å². The minimum Gasteiger partial charge on any atom is -0.246 e. The van der Waals surface area contributed by atoms with Crippen molar-refractivity contribution in [2.24, 2.45) is 0 Å². The maximum atomic E-state index is 13.7. The predicted octanol–water partition coefficient (Wildman–Crippen LogP) is 4.23. The van der Waals surface area contributed by atoms with Crippen LogP contribution in [0.1, 0.15) is 5.56 Å². The van der Waals surface area contributed by atoms with Crippen LogP contribution in [0.2, 0.25) is 15.1 Å². The molecule has 0 aliphatic carbocycles. The Kier molecular flexibility index (Phi) is 5.38. The minimum atomic E-state index is -4.09. The van der Waals surface area contributed by atoms with Crippen molar-refractivity contribution in [3.05, 3.63) is 69.2 Å². The van der Waals surface area contributed by atoms with E-state index in [4.69, 9.17) is 34.8 Å². The molecule has 3 aromatic rings. The summed E-state index contributed by atoms with van der Waals surface area (Å²) in [5.74, 6) is -0.587. The second kappa shape index (κ2) is 7.40. The molecule has 136 valence electrons. The summed E-state index contributed by atoms with van der Waals surface area (Å²) in [6.07, 6.45) is 1.28. The highest BCUT2D eigenvalue weighted by molar-refractivity contribution is 7.92. The van der Waals surface area contributed by atoms with E-state index >= 15 is 0 Å². The summed E-state index contributed by atoms with van der Waals surface area (Å²) in [5, 5.41) is 4.04. The molecule has 0 aliphatic rings. The third kappa shape index (κ3) is 4.09. The van der Waals surface area contributed by atoms with Crippen LogP contribution in [0.5, 0.6) is 0 Å². The molecule has 0 spiro atoms. The first-order chi connectivity index (χ1) is 12.3. The van der Waals surface area contributed by atoms with Crippen LogP contribution in [-0.2, 0) is 16.6 Å². The van der Waals surface area contributed by atoms with E-state index in [0.29, 0.717) is 5.56 Å². The van der Waals surface area contributed by atoms with Gasteiger partial charge in [-0.15, -0.1) is 5.10 Å². The van der Waals surface area contributed by atoms with Crippen LogP contribution in [0.3, 0.4) is 0 Å². The molecule has 2 aromatic carbocycles. The maximum absolute atomic E-state index is 13.7. The second-order valence-corrected chi connectivity index (χ2v) is 8.03. The number of halogens is 4. The van der Waals surface area contributed by atoms with E-state index in [1.807, 2.05) is 0 Å². The third-order valence-electron chi connectivity index (χ3n) is 3.32. The summed E-state index contributed by atoms with van der Waals surface area (Å²) in [6, 6.07) is 8.53. The first-order valence-electron chi connectivity index (χ1n) is 7.06. The molecule has 0 radical (unpaired) electrons. The van der Waals surface area contributed by atoms with Crippen LogP contribution in [0.15, 0.2) is 47.6 Å². The molecule has 3 rings (SSSR count). The molecule has 0 atom stereocenters. The molecule has 1 aromatic heterocycles. The summed E-state index contributed by atoms with van der Waals surface area (Å²) in [5.41, 5.74) is 0.388. The van der Waals surface area contributed by atoms with Gasteiger partial charge in [0.05, 0.1) is 21.6 Å². The van der Waals surface area contributed by atoms with Gasteiger partial charge in [-0.3, -0.25) is 0 Å². The lowest BCUT2D eigenvalue weighted by atomic mass is 10.2. The van der Waals surface area contributed by atoms with E-state index in [0.717, 1.165) is 6.07 Å². The van der Waals surface area contributed by atoms with Gasteiger partial charge in [0.15, 0.2) is 0 Å². The topological polar surface area (TPSA) is 76.9 Å². The molecule has 0 amide bonds. The zero-order valence-electron chi connectivity index (χ0n) is 12.8. The average Bonchev–Trinajstić information content (AvgIpc) is 2.99. The highest BCUT2D eigenvalue weighted by Gasteiger charge is 2.21. The highest BCUT2D eigenvalue weighted by atomic mass is 35.5. The summed E-state index contributed by atoms with van der Waals surface area (Å²) < 4.78 is 42.1. The van der Waals surface area contributed by atoms with Gasteiger partial charge in [-0.1, -0.05) is 53.0 Å². The number of sulfonamides is 1. The number of anilines is 1. The summed E-state index contributed by atoms with van der Waals surface area (Å²) >= 11 is 17.6. The van der Waals surface area contributed by atoms with Crippen LogP contribution in [0, 0.1) is 5.82 Å². The van der Waals surface area contributed by atoms with Crippen molar-refractivity contribution >= 4 is 50.8 Å². The Hall–Kier alpha value is -1.87. The highest BCUT2D eigenvalue weighted by Crippen LogP contribution is 2.32. The molecule has 0 saturated carbocycles. The van der Waals surface area contributed by atoms with Crippen molar-refractivity contribution < 1.29 is 12.8 Å². The van der Waals surface area contributed by atoms with Gasteiger partial charge in [0.25, 0.3) is 16.0 Å². The van der Waals surface area contributed by atoms with Crippen molar-refractivity contribution in [3.8, 4) is 0 Å². The molecule has 1 heterocycles. The first kappa shape index (κ1) is 18.9. The summed E-state index contributed by atoms with van der Waals surface area (Å²) in [4.78, 5) is 3.59. The van der Waals surface area contributed by atoms with Crippen LogP contribution in [0.25, 0.3) is 0 Å². The quantitative estimate of drug-likeness (QED) is 0.609. The van der Waals surface area contributed by atoms with Crippen molar-refractivity contribution in [1.82, 2.24) is 14.8 Å². The van der Waals surface area contributed by atoms with E-state index in [1.165, 1.54) is 23.1 Å². The maximum Gasteiger partial charge on any atom is 0.265 e. The number of rotatable bonds is 5. The number of hydrogen-bond donors (Lipinski definition) is 1. The van der Waals surface area contributed by atoms with Crippen molar-refractivity contribution in [2.75, 3.05) is 4.72 Å². The Labute approximate surface area is 163 Å². The Morgan fingerprint density at radius 3 is 2.50 bits per heavy atom. The molecule has 6 nitrogen and oxygen atoms in total. The fraction of sp³-hybridized carbons (Fsp3) is 0.0667. The van der Waals surface area contributed by atoms with Crippen molar-refractivity contribution in [2.45, 2.75) is 11.4 Å². The smallest absolute Gasteiger partial charge is 0.246 e. The van der Waals surface area contributed by atoms with E-state index in [1.54, 1.807) is 18.2 Å².